The van der Waals surface area contributed by atoms with Crippen molar-refractivity contribution < 1.29 is 17.4 Å². The molecule has 0 radical (unpaired) electrons. The van der Waals surface area contributed by atoms with Gasteiger partial charge in [0.25, 0.3) is 0 Å². The van der Waals surface area contributed by atoms with Crippen LogP contribution in [-0.2, 0) is 10.3 Å². The van der Waals surface area contributed by atoms with Crippen LogP contribution in [0.4, 0.5) is 5.69 Å². The van der Waals surface area contributed by atoms with Crippen LogP contribution in [0.2, 0.25) is 0 Å². The maximum Gasteiger partial charge on any atom is 0.380 e. The molecule has 0 atom stereocenters. The Morgan fingerprint density at radius 3 is 2.34 bits per heavy atom. The van der Waals surface area contributed by atoms with E-state index in [-0.39, 0.29) is 24.5 Å². The van der Waals surface area contributed by atoms with Gasteiger partial charge in [-0.3, -0.25) is 9.80 Å². The third-order valence-electron chi connectivity index (χ3n) is 5.13. The number of Topliss-reactive ketones (excluding diaryl/α,β-unsaturated/α-hetero) is 1. The molecular weight excluding hydrogens is 468 g/mol. The zero-order valence-corrected chi connectivity index (χ0v) is 19.2. The molecule has 0 aliphatic rings. The zero-order chi connectivity index (χ0) is 24.8. The molecule has 1 heterocycles. The molecule has 1 aromatic heterocycles. The third kappa shape index (κ3) is 5.89. The molecule has 4 aromatic rings. The van der Waals surface area contributed by atoms with Crippen molar-refractivity contribution in [3.05, 3.63) is 96.6 Å². The molecule has 0 spiro atoms. The Kier molecular flexibility index (Phi) is 6.86. The molecule has 0 fully saturated rings. The summed E-state index contributed by atoms with van der Waals surface area (Å²) in [6.45, 7) is 0.284. The predicted molar refractivity (Wildman–Crippen MR) is 128 cm³/mol. The van der Waals surface area contributed by atoms with Crippen LogP contribution in [0.5, 0.6) is 5.75 Å². The van der Waals surface area contributed by atoms with Crippen molar-refractivity contribution in [1.29, 1.82) is 5.26 Å². The topological polar surface area (TPSA) is 144 Å². The Balaban J connectivity index is 1.58. The summed E-state index contributed by atoms with van der Waals surface area (Å²) < 4.78 is 28.4. The maximum atomic E-state index is 12.8. The molecule has 4 rings (SSSR count). The molecule has 11 heteroatoms. The quantitative estimate of drug-likeness (QED) is 0.354. The molecule has 0 saturated heterocycles. The maximum absolute atomic E-state index is 12.8. The van der Waals surface area contributed by atoms with E-state index in [9.17, 15) is 18.5 Å². The van der Waals surface area contributed by atoms with Gasteiger partial charge in [-0.05, 0) is 48.0 Å². The van der Waals surface area contributed by atoms with Gasteiger partial charge in [0.1, 0.15) is 18.4 Å². The average molecular weight is 489 g/mol. The van der Waals surface area contributed by atoms with Gasteiger partial charge in [-0.25, -0.2) is 4.68 Å². The number of rotatable bonds is 9. The van der Waals surface area contributed by atoms with Crippen molar-refractivity contribution in [1.82, 2.24) is 14.9 Å². The number of hydrogen-bond acceptors (Lipinski definition) is 8. The molecule has 0 unspecified atom stereocenters. The normalized spacial score (nSPS) is 11.0. The molecule has 176 valence electrons. The van der Waals surface area contributed by atoms with Crippen molar-refractivity contribution in [2.75, 3.05) is 11.6 Å². The Hall–Kier alpha value is -4.53. The Morgan fingerprint density at radius 1 is 1.03 bits per heavy atom. The lowest BCUT2D eigenvalue weighted by atomic mass is 9.99. The number of ketones is 1. The monoisotopic (exact) mass is 488 g/mol. The van der Waals surface area contributed by atoms with Crippen molar-refractivity contribution in [3.8, 4) is 22.9 Å². The van der Waals surface area contributed by atoms with E-state index in [4.69, 9.17) is 5.14 Å². The highest BCUT2D eigenvalue weighted by molar-refractivity contribution is 7.84. The predicted octanol–water partition coefficient (Wildman–Crippen LogP) is 2.94. The van der Waals surface area contributed by atoms with E-state index < -0.39 is 10.3 Å². The van der Waals surface area contributed by atoms with E-state index in [2.05, 4.69) is 20.4 Å². The van der Waals surface area contributed by atoms with Crippen LogP contribution in [0.25, 0.3) is 11.1 Å². The summed E-state index contributed by atoms with van der Waals surface area (Å²) >= 11 is 0. The first-order chi connectivity index (χ1) is 16.8. The fraction of sp³-hybridized carbons (Fsp3) is 0.0833. The minimum atomic E-state index is -4.14. The molecule has 10 nitrogen and oxygen atoms in total. The van der Waals surface area contributed by atoms with E-state index in [0.29, 0.717) is 11.1 Å². The van der Waals surface area contributed by atoms with Gasteiger partial charge in [-0.1, -0.05) is 30.3 Å². The summed E-state index contributed by atoms with van der Waals surface area (Å²) in [5, 5.41) is 24.0. The van der Waals surface area contributed by atoms with Crippen molar-refractivity contribution >= 4 is 21.8 Å². The fourth-order valence-electron chi connectivity index (χ4n) is 3.53. The van der Waals surface area contributed by atoms with Crippen LogP contribution in [-0.4, -0.2) is 35.6 Å². The average Bonchev–Trinajstić information content (AvgIpc) is 3.38. The SMILES string of the molecule is N#Cc1ccc(N(CCC(=O)c2ccc(OS(N)(=O)=O)cc2)n2cnnc2)cc1-c1ccccc1. The second-order valence-corrected chi connectivity index (χ2v) is 8.60. The minimum absolute atomic E-state index is 0.0150. The summed E-state index contributed by atoms with van der Waals surface area (Å²) in [5.41, 5.74) is 3.32. The van der Waals surface area contributed by atoms with E-state index in [1.807, 2.05) is 41.4 Å². The number of benzene rings is 3. The number of anilines is 1. The molecule has 0 amide bonds. The lowest BCUT2D eigenvalue weighted by Crippen LogP contribution is -2.31. The van der Waals surface area contributed by atoms with E-state index in [0.717, 1.165) is 16.8 Å². The van der Waals surface area contributed by atoms with Crippen LogP contribution in [0, 0.1) is 11.3 Å². The molecule has 0 saturated carbocycles. The van der Waals surface area contributed by atoms with Gasteiger partial charge in [-0.2, -0.15) is 18.8 Å². The molecule has 3 aromatic carbocycles. The molecule has 0 aliphatic heterocycles. The minimum Gasteiger partial charge on any atom is -0.371 e. The van der Waals surface area contributed by atoms with Crippen LogP contribution < -0.4 is 14.3 Å². The van der Waals surface area contributed by atoms with E-state index >= 15 is 0 Å². The van der Waals surface area contributed by atoms with Crippen LogP contribution in [0.15, 0.2) is 85.5 Å². The third-order valence-corrected chi connectivity index (χ3v) is 5.56. The smallest absolute Gasteiger partial charge is 0.371 e. The second-order valence-electron chi connectivity index (χ2n) is 7.45. The fourth-order valence-corrected chi connectivity index (χ4v) is 3.91. The van der Waals surface area contributed by atoms with Gasteiger partial charge in [0.15, 0.2) is 5.78 Å². The van der Waals surface area contributed by atoms with Crippen molar-refractivity contribution in [3.63, 3.8) is 0 Å². The number of nitrogens with two attached hydrogens (primary N) is 1. The summed E-state index contributed by atoms with van der Waals surface area (Å²) in [7, 11) is -4.14. The van der Waals surface area contributed by atoms with Crippen molar-refractivity contribution in [2.45, 2.75) is 6.42 Å². The van der Waals surface area contributed by atoms with Gasteiger partial charge in [0.05, 0.1) is 17.3 Å². The zero-order valence-electron chi connectivity index (χ0n) is 18.4. The van der Waals surface area contributed by atoms with Gasteiger partial charge < -0.3 is 4.18 Å². The summed E-state index contributed by atoms with van der Waals surface area (Å²) in [5.74, 6) is -0.150. The number of nitriles is 1. The lowest BCUT2D eigenvalue weighted by Gasteiger charge is -2.25. The number of carbonyl (C=O) groups is 1. The number of carbonyl (C=O) groups excluding carboxylic acids is 1. The molecule has 35 heavy (non-hydrogen) atoms. The summed E-state index contributed by atoms with van der Waals surface area (Å²) in [6, 6.07) is 22.9. The largest absolute Gasteiger partial charge is 0.380 e. The summed E-state index contributed by atoms with van der Waals surface area (Å²) in [6.07, 6.45) is 3.17. The van der Waals surface area contributed by atoms with Crippen LogP contribution >= 0.6 is 0 Å². The van der Waals surface area contributed by atoms with Crippen LogP contribution in [0.1, 0.15) is 22.3 Å². The first-order valence-electron chi connectivity index (χ1n) is 10.4. The second kappa shape index (κ2) is 10.2. The lowest BCUT2D eigenvalue weighted by molar-refractivity contribution is 0.0984. The van der Waals surface area contributed by atoms with Gasteiger partial charge in [0.2, 0.25) is 0 Å². The standard InChI is InChI=1S/C24H20N6O4S/c25-15-20-6-9-21(14-23(20)18-4-2-1-3-5-18)30(29-16-27-28-17-29)13-12-24(31)19-7-10-22(11-8-19)34-35(26,32)33/h1-11,14,16-17H,12-13H2,(H2,26,32,33). The highest BCUT2D eigenvalue weighted by Gasteiger charge is 2.16. The number of nitrogens with zero attached hydrogens (tertiary/aromatic N) is 5. The first kappa shape index (κ1) is 23.6. The number of aromatic nitrogens is 3. The molecule has 0 aliphatic carbocycles. The highest BCUT2D eigenvalue weighted by Crippen LogP contribution is 2.29. The van der Waals surface area contributed by atoms with Crippen LogP contribution in [0.3, 0.4) is 0 Å². The molecular formula is C24H20N6O4S. The van der Waals surface area contributed by atoms with E-state index in [1.165, 1.54) is 36.9 Å². The number of hydrogen-bond donors (Lipinski definition) is 1. The molecule has 0 bridgehead atoms. The van der Waals surface area contributed by atoms with Gasteiger partial charge >= 0.3 is 10.3 Å². The van der Waals surface area contributed by atoms with Gasteiger partial charge in [0, 0.05) is 24.1 Å². The van der Waals surface area contributed by atoms with Gasteiger partial charge in [-0.15, -0.1) is 10.2 Å². The Labute approximate surface area is 202 Å². The first-order valence-corrected chi connectivity index (χ1v) is 11.9. The summed E-state index contributed by atoms with van der Waals surface area (Å²) in [4.78, 5) is 12.8. The molecule has 2 N–H and O–H groups in total. The Bertz CT molecular complexity index is 1460. The van der Waals surface area contributed by atoms with E-state index in [1.54, 1.807) is 16.8 Å². The highest BCUT2D eigenvalue weighted by atomic mass is 32.2. The van der Waals surface area contributed by atoms with Crippen molar-refractivity contribution in [2.24, 2.45) is 5.14 Å². The Morgan fingerprint density at radius 2 is 1.71 bits per heavy atom.